The second-order valence-electron chi connectivity index (χ2n) is 6.09. The summed E-state index contributed by atoms with van der Waals surface area (Å²) < 4.78 is 6.98. The van der Waals surface area contributed by atoms with E-state index in [1.165, 1.54) is 5.56 Å². The van der Waals surface area contributed by atoms with E-state index in [0.717, 1.165) is 38.1 Å². The van der Waals surface area contributed by atoms with Gasteiger partial charge in [-0.05, 0) is 56.1 Å². The molecule has 1 aliphatic heterocycles. The molecule has 3 rings (SSSR count). The van der Waals surface area contributed by atoms with E-state index in [-0.39, 0.29) is 5.91 Å². The molecule has 1 aliphatic rings. The highest BCUT2D eigenvalue weighted by molar-refractivity contribution is 5.84. The van der Waals surface area contributed by atoms with E-state index in [9.17, 15) is 4.79 Å². The Balaban J connectivity index is 1.61. The number of hydrogen-bond donors (Lipinski definition) is 2. The second kappa shape index (κ2) is 7.49. The number of aromatic nitrogens is 2. The number of amides is 1. The number of carbonyl (C=O) groups excluding carboxylic acids is 1. The molecule has 2 N–H and O–H groups in total. The van der Waals surface area contributed by atoms with Crippen LogP contribution >= 0.6 is 0 Å². The highest BCUT2D eigenvalue weighted by Crippen LogP contribution is 2.27. The van der Waals surface area contributed by atoms with Crippen molar-refractivity contribution in [2.24, 2.45) is 0 Å². The minimum atomic E-state index is -0.575. The molecule has 1 fully saturated rings. The third-order valence-electron chi connectivity index (χ3n) is 4.65. The molecule has 1 amide bonds. The van der Waals surface area contributed by atoms with Crippen LogP contribution in [0.15, 0.2) is 42.7 Å². The zero-order valence-electron chi connectivity index (χ0n) is 14.0. The Morgan fingerprint density at radius 1 is 1.33 bits per heavy atom. The lowest BCUT2D eigenvalue weighted by molar-refractivity contribution is -0.131. The van der Waals surface area contributed by atoms with Crippen LogP contribution in [-0.4, -0.2) is 42.4 Å². The quantitative estimate of drug-likeness (QED) is 0.839. The zero-order chi connectivity index (χ0) is 16.8. The number of nitrogens with one attached hydrogen (secondary N) is 2. The summed E-state index contributed by atoms with van der Waals surface area (Å²) in [6, 6.07) is 9.80. The molecule has 0 bridgehead atoms. The first kappa shape index (κ1) is 16.5. The molecule has 0 atom stereocenters. The van der Waals surface area contributed by atoms with Gasteiger partial charge in [0.1, 0.15) is 11.3 Å². The van der Waals surface area contributed by atoms with Crippen LogP contribution in [-0.2, 0) is 16.8 Å². The topological polar surface area (TPSA) is 68.2 Å². The summed E-state index contributed by atoms with van der Waals surface area (Å²) in [5, 5.41) is 10.7. The van der Waals surface area contributed by atoms with Crippen LogP contribution in [0.25, 0.3) is 0 Å². The first-order valence-corrected chi connectivity index (χ1v) is 8.37. The molecule has 0 aliphatic carbocycles. The van der Waals surface area contributed by atoms with Gasteiger partial charge in [0.25, 0.3) is 0 Å². The fraction of sp³-hybridized carbons (Fsp3) is 0.444. The average Bonchev–Trinajstić information content (AvgIpc) is 3.18. The van der Waals surface area contributed by atoms with Gasteiger partial charge in [0, 0.05) is 18.9 Å². The fourth-order valence-electron chi connectivity index (χ4n) is 3.20. The van der Waals surface area contributed by atoms with Gasteiger partial charge in [-0.15, -0.1) is 0 Å². The lowest BCUT2D eigenvalue weighted by atomic mass is 9.87. The van der Waals surface area contributed by atoms with Crippen LogP contribution < -0.4 is 15.4 Å². The molecular formula is C18H24N4O2. The van der Waals surface area contributed by atoms with E-state index in [0.29, 0.717) is 6.54 Å². The Kier molecular flexibility index (Phi) is 5.15. The van der Waals surface area contributed by atoms with Gasteiger partial charge in [-0.2, -0.15) is 5.10 Å². The summed E-state index contributed by atoms with van der Waals surface area (Å²) in [7, 11) is 1.66. The normalized spacial score (nSPS) is 16.5. The molecule has 1 saturated heterocycles. The number of ether oxygens (including phenoxy) is 1. The molecule has 24 heavy (non-hydrogen) atoms. The van der Waals surface area contributed by atoms with E-state index in [2.05, 4.69) is 15.7 Å². The van der Waals surface area contributed by atoms with Crippen LogP contribution in [0, 0.1) is 0 Å². The van der Waals surface area contributed by atoms with E-state index in [1.807, 2.05) is 41.2 Å². The molecule has 0 spiro atoms. The molecule has 0 radical (unpaired) electrons. The summed E-state index contributed by atoms with van der Waals surface area (Å²) in [6.45, 7) is 2.26. The van der Waals surface area contributed by atoms with E-state index >= 15 is 0 Å². The van der Waals surface area contributed by atoms with Crippen LogP contribution in [0.4, 0.5) is 0 Å². The van der Waals surface area contributed by atoms with Gasteiger partial charge in [-0.3, -0.25) is 9.48 Å². The van der Waals surface area contributed by atoms with Gasteiger partial charge in [0.05, 0.1) is 7.11 Å². The van der Waals surface area contributed by atoms with Crippen molar-refractivity contribution in [1.82, 2.24) is 20.4 Å². The van der Waals surface area contributed by atoms with Crippen molar-refractivity contribution in [2.75, 3.05) is 26.7 Å². The highest BCUT2D eigenvalue weighted by atomic mass is 16.5. The minimum absolute atomic E-state index is 0.0567. The Hall–Kier alpha value is -2.34. The second-order valence-corrected chi connectivity index (χ2v) is 6.09. The van der Waals surface area contributed by atoms with Gasteiger partial charge in [0.2, 0.25) is 5.91 Å². The maximum Gasteiger partial charge on any atom is 0.248 e. The van der Waals surface area contributed by atoms with Crippen molar-refractivity contribution in [2.45, 2.75) is 24.8 Å². The molecule has 6 heteroatoms. The molecule has 0 saturated carbocycles. The summed E-state index contributed by atoms with van der Waals surface area (Å²) in [5.74, 6) is 0.899. The number of hydrogen-bond acceptors (Lipinski definition) is 4. The zero-order valence-corrected chi connectivity index (χ0v) is 14.0. The lowest BCUT2D eigenvalue weighted by Gasteiger charge is -2.36. The minimum Gasteiger partial charge on any atom is -0.497 e. The van der Waals surface area contributed by atoms with Gasteiger partial charge in [-0.25, -0.2) is 0 Å². The van der Waals surface area contributed by atoms with Crippen LogP contribution in [0.3, 0.4) is 0 Å². The number of carbonyl (C=O) groups is 1. The molecular weight excluding hydrogens is 304 g/mol. The standard InChI is InChI=1S/C18H24N4O2/c1-24-16-5-3-15(4-6-16)7-11-20-17(23)18(8-12-19-13-9-18)22-14-2-10-21-22/h2-6,10,14,19H,7-9,11-13H2,1H3,(H,20,23). The van der Waals surface area contributed by atoms with E-state index < -0.39 is 5.54 Å². The Bertz CT molecular complexity index is 646. The lowest BCUT2D eigenvalue weighted by Crippen LogP contribution is -2.54. The monoisotopic (exact) mass is 328 g/mol. The van der Waals surface area contributed by atoms with E-state index in [4.69, 9.17) is 4.74 Å². The summed E-state index contributed by atoms with van der Waals surface area (Å²) in [6.07, 6.45) is 5.91. The molecule has 0 unspecified atom stereocenters. The number of rotatable bonds is 6. The predicted octanol–water partition coefficient (Wildman–Crippen LogP) is 1.33. The van der Waals surface area contributed by atoms with Gasteiger partial charge < -0.3 is 15.4 Å². The number of benzene rings is 1. The van der Waals surface area contributed by atoms with Crippen molar-refractivity contribution >= 4 is 5.91 Å². The summed E-state index contributed by atoms with van der Waals surface area (Å²) in [4.78, 5) is 12.9. The van der Waals surface area contributed by atoms with Crippen molar-refractivity contribution in [1.29, 1.82) is 0 Å². The summed E-state index contributed by atoms with van der Waals surface area (Å²) >= 11 is 0. The molecule has 1 aromatic heterocycles. The van der Waals surface area contributed by atoms with Crippen molar-refractivity contribution < 1.29 is 9.53 Å². The average molecular weight is 328 g/mol. The van der Waals surface area contributed by atoms with Gasteiger partial charge in [0.15, 0.2) is 0 Å². The molecule has 1 aromatic carbocycles. The van der Waals surface area contributed by atoms with Gasteiger partial charge in [-0.1, -0.05) is 12.1 Å². The first-order valence-electron chi connectivity index (χ1n) is 8.37. The number of piperidine rings is 1. The number of methoxy groups -OCH3 is 1. The van der Waals surface area contributed by atoms with E-state index in [1.54, 1.807) is 13.3 Å². The Morgan fingerprint density at radius 3 is 2.71 bits per heavy atom. The van der Waals surface area contributed by atoms with Crippen LogP contribution in [0.2, 0.25) is 0 Å². The Labute approximate surface area is 142 Å². The Morgan fingerprint density at radius 2 is 2.08 bits per heavy atom. The van der Waals surface area contributed by atoms with Crippen LogP contribution in [0.1, 0.15) is 18.4 Å². The largest absolute Gasteiger partial charge is 0.497 e. The number of nitrogens with zero attached hydrogens (tertiary/aromatic N) is 2. The SMILES string of the molecule is COc1ccc(CCNC(=O)C2(n3cccn3)CCNCC2)cc1. The smallest absolute Gasteiger partial charge is 0.248 e. The molecule has 128 valence electrons. The van der Waals surface area contributed by atoms with Crippen LogP contribution in [0.5, 0.6) is 5.75 Å². The van der Waals surface area contributed by atoms with Crippen molar-refractivity contribution in [3.05, 3.63) is 48.3 Å². The maximum absolute atomic E-state index is 12.9. The molecule has 2 aromatic rings. The fourth-order valence-corrected chi connectivity index (χ4v) is 3.20. The molecule has 6 nitrogen and oxygen atoms in total. The third-order valence-corrected chi connectivity index (χ3v) is 4.65. The molecule has 2 heterocycles. The van der Waals surface area contributed by atoms with Gasteiger partial charge >= 0.3 is 0 Å². The first-order chi connectivity index (χ1) is 11.7. The highest BCUT2D eigenvalue weighted by Gasteiger charge is 2.41. The van der Waals surface area contributed by atoms with Crippen molar-refractivity contribution in [3.8, 4) is 5.75 Å². The van der Waals surface area contributed by atoms with Crippen molar-refractivity contribution in [3.63, 3.8) is 0 Å². The predicted molar refractivity (Wildman–Crippen MR) is 92.0 cm³/mol. The maximum atomic E-state index is 12.9. The third kappa shape index (κ3) is 3.43. The summed E-state index contributed by atoms with van der Waals surface area (Å²) in [5.41, 5.74) is 0.601.